The molecule has 0 aromatic heterocycles. The molecule has 0 aliphatic heterocycles. The fraction of sp³-hybridized carbons (Fsp3) is 0.600. The third-order valence-corrected chi connectivity index (χ3v) is 2.42. The third-order valence-electron chi connectivity index (χ3n) is 2.42. The second-order valence-electron chi connectivity index (χ2n) is 5.23. The molecule has 0 saturated heterocycles. The Morgan fingerprint density at radius 3 is 2.37 bits per heavy atom. The first kappa shape index (κ1) is 15.8. The second-order valence-corrected chi connectivity index (χ2v) is 5.23. The molecule has 19 heavy (non-hydrogen) atoms. The Balaban J connectivity index is 2.56. The molecule has 4 nitrogen and oxygen atoms in total. The molecule has 0 heterocycles. The van der Waals surface area contributed by atoms with E-state index in [1.165, 1.54) is 0 Å². The standard InChI is InChI=1S/C15H25NO3/c1-5-17-14-10-12(11-16)6-7-13(14)18-8-9-19-15(2,3)4/h6-7,10H,5,8-9,11,16H2,1-4H3. The van der Waals surface area contributed by atoms with Crippen LogP contribution in [0.1, 0.15) is 33.3 Å². The van der Waals surface area contributed by atoms with Crippen LogP contribution in [-0.2, 0) is 11.3 Å². The highest BCUT2D eigenvalue weighted by Gasteiger charge is 2.10. The number of hydrogen-bond donors (Lipinski definition) is 1. The molecule has 1 aromatic carbocycles. The lowest BCUT2D eigenvalue weighted by Gasteiger charge is -2.20. The van der Waals surface area contributed by atoms with Crippen molar-refractivity contribution in [2.45, 2.75) is 39.8 Å². The van der Waals surface area contributed by atoms with E-state index < -0.39 is 0 Å². The van der Waals surface area contributed by atoms with Crippen LogP contribution >= 0.6 is 0 Å². The van der Waals surface area contributed by atoms with E-state index in [9.17, 15) is 0 Å². The Morgan fingerprint density at radius 2 is 1.79 bits per heavy atom. The van der Waals surface area contributed by atoms with Gasteiger partial charge in [0.25, 0.3) is 0 Å². The van der Waals surface area contributed by atoms with E-state index >= 15 is 0 Å². The highest BCUT2D eigenvalue weighted by molar-refractivity contribution is 5.43. The largest absolute Gasteiger partial charge is 0.490 e. The summed E-state index contributed by atoms with van der Waals surface area (Å²) in [5.74, 6) is 1.47. The highest BCUT2D eigenvalue weighted by Crippen LogP contribution is 2.28. The molecule has 2 N–H and O–H groups in total. The number of ether oxygens (including phenoxy) is 3. The minimum Gasteiger partial charge on any atom is -0.490 e. The lowest BCUT2D eigenvalue weighted by Crippen LogP contribution is -2.22. The zero-order valence-electron chi connectivity index (χ0n) is 12.4. The van der Waals surface area contributed by atoms with Gasteiger partial charge in [-0.2, -0.15) is 0 Å². The van der Waals surface area contributed by atoms with Gasteiger partial charge in [-0.15, -0.1) is 0 Å². The van der Waals surface area contributed by atoms with E-state index in [0.717, 1.165) is 17.1 Å². The van der Waals surface area contributed by atoms with E-state index in [1.807, 2.05) is 45.9 Å². The van der Waals surface area contributed by atoms with Gasteiger partial charge in [0.2, 0.25) is 0 Å². The zero-order chi connectivity index (χ0) is 14.3. The molecular weight excluding hydrogens is 242 g/mol. The third kappa shape index (κ3) is 5.94. The number of rotatable bonds is 7. The average molecular weight is 267 g/mol. The molecule has 108 valence electrons. The van der Waals surface area contributed by atoms with Gasteiger partial charge < -0.3 is 19.9 Å². The Hall–Kier alpha value is -1.26. The predicted octanol–water partition coefficient (Wildman–Crippen LogP) is 2.74. The van der Waals surface area contributed by atoms with E-state index in [0.29, 0.717) is 26.4 Å². The summed E-state index contributed by atoms with van der Waals surface area (Å²) in [5, 5.41) is 0. The molecule has 1 aromatic rings. The van der Waals surface area contributed by atoms with Gasteiger partial charge in [-0.1, -0.05) is 6.07 Å². The summed E-state index contributed by atoms with van der Waals surface area (Å²) in [7, 11) is 0. The smallest absolute Gasteiger partial charge is 0.161 e. The van der Waals surface area contributed by atoms with E-state index in [2.05, 4.69) is 0 Å². The second kappa shape index (κ2) is 7.36. The van der Waals surface area contributed by atoms with Gasteiger partial charge in [0.15, 0.2) is 11.5 Å². The Morgan fingerprint density at radius 1 is 1.05 bits per heavy atom. The Labute approximate surface area is 115 Å². The maximum absolute atomic E-state index is 5.69. The number of benzene rings is 1. The molecule has 0 saturated carbocycles. The quantitative estimate of drug-likeness (QED) is 0.772. The highest BCUT2D eigenvalue weighted by atomic mass is 16.5. The molecule has 0 radical (unpaired) electrons. The molecule has 0 fully saturated rings. The molecule has 0 unspecified atom stereocenters. The summed E-state index contributed by atoms with van der Waals surface area (Å²) < 4.78 is 16.9. The maximum atomic E-state index is 5.69. The molecule has 1 rings (SSSR count). The van der Waals surface area contributed by atoms with Crippen LogP contribution in [0.15, 0.2) is 18.2 Å². The van der Waals surface area contributed by atoms with Gasteiger partial charge in [-0.25, -0.2) is 0 Å². The van der Waals surface area contributed by atoms with Crippen molar-refractivity contribution in [2.24, 2.45) is 5.73 Å². The summed E-state index contributed by atoms with van der Waals surface area (Å²) >= 11 is 0. The van der Waals surface area contributed by atoms with Crippen LogP contribution in [0.2, 0.25) is 0 Å². The van der Waals surface area contributed by atoms with Crippen molar-refractivity contribution >= 4 is 0 Å². The van der Waals surface area contributed by atoms with Gasteiger partial charge >= 0.3 is 0 Å². The molecular formula is C15H25NO3. The molecule has 0 aliphatic rings. The molecule has 0 bridgehead atoms. The number of nitrogens with two attached hydrogens (primary N) is 1. The lowest BCUT2D eigenvalue weighted by atomic mass is 10.2. The molecule has 0 amide bonds. The molecule has 4 heteroatoms. The van der Waals surface area contributed by atoms with E-state index in [4.69, 9.17) is 19.9 Å². The summed E-state index contributed by atoms with van der Waals surface area (Å²) in [6.45, 7) is 10.2. The summed E-state index contributed by atoms with van der Waals surface area (Å²) in [6, 6.07) is 5.76. The van der Waals surface area contributed by atoms with Crippen LogP contribution in [-0.4, -0.2) is 25.4 Å². The van der Waals surface area contributed by atoms with Crippen molar-refractivity contribution in [3.63, 3.8) is 0 Å². The van der Waals surface area contributed by atoms with E-state index in [-0.39, 0.29) is 5.60 Å². The SMILES string of the molecule is CCOc1cc(CN)ccc1OCCOC(C)(C)C. The Kier molecular flexibility index (Phi) is 6.12. The first-order valence-corrected chi connectivity index (χ1v) is 6.69. The molecule has 0 atom stereocenters. The summed E-state index contributed by atoms with van der Waals surface area (Å²) in [6.07, 6.45) is 0. The minimum atomic E-state index is -0.143. The van der Waals surface area contributed by atoms with E-state index in [1.54, 1.807) is 0 Å². The first-order chi connectivity index (χ1) is 8.96. The van der Waals surface area contributed by atoms with Crippen LogP contribution in [0.4, 0.5) is 0 Å². The summed E-state index contributed by atoms with van der Waals surface area (Å²) in [4.78, 5) is 0. The van der Waals surface area contributed by atoms with Gasteiger partial charge in [0.1, 0.15) is 6.61 Å². The van der Waals surface area contributed by atoms with Crippen LogP contribution in [0.3, 0.4) is 0 Å². The van der Waals surface area contributed by atoms with Crippen LogP contribution < -0.4 is 15.2 Å². The molecule has 0 spiro atoms. The normalized spacial score (nSPS) is 11.4. The van der Waals surface area contributed by atoms with Crippen molar-refractivity contribution in [1.82, 2.24) is 0 Å². The zero-order valence-corrected chi connectivity index (χ0v) is 12.4. The number of hydrogen-bond acceptors (Lipinski definition) is 4. The van der Waals surface area contributed by atoms with Crippen LogP contribution in [0.5, 0.6) is 11.5 Å². The van der Waals surface area contributed by atoms with Gasteiger partial charge in [-0.05, 0) is 45.4 Å². The summed E-state index contributed by atoms with van der Waals surface area (Å²) in [5.41, 5.74) is 6.50. The van der Waals surface area contributed by atoms with Crippen LogP contribution in [0.25, 0.3) is 0 Å². The molecule has 0 aliphatic carbocycles. The fourth-order valence-corrected chi connectivity index (χ4v) is 1.57. The fourth-order valence-electron chi connectivity index (χ4n) is 1.57. The van der Waals surface area contributed by atoms with Gasteiger partial charge in [0.05, 0.1) is 18.8 Å². The van der Waals surface area contributed by atoms with Crippen molar-refractivity contribution < 1.29 is 14.2 Å². The van der Waals surface area contributed by atoms with Crippen molar-refractivity contribution in [3.8, 4) is 11.5 Å². The lowest BCUT2D eigenvalue weighted by molar-refractivity contribution is -0.0165. The van der Waals surface area contributed by atoms with Gasteiger partial charge in [0, 0.05) is 6.54 Å². The van der Waals surface area contributed by atoms with Crippen LogP contribution in [0, 0.1) is 0 Å². The topological polar surface area (TPSA) is 53.7 Å². The van der Waals surface area contributed by atoms with Crippen molar-refractivity contribution in [1.29, 1.82) is 0 Å². The van der Waals surface area contributed by atoms with Gasteiger partial charge in [-0.3, -0.25) is 0 Å². The average Bonchev–Trinajstić information content (AvgIpc) is 2.35. The maximum Gasteiger partial charge on any atom is 0.161 e. The van der Waals surface area contributed by atoms with Crippen molar-refractivity contribution in [2.75, 3.05) is 19.8 Å². The monoisotopic (exact) mass is 267 g/mol. The van der Waals surface area contributed by atoms with Crippen molar-refractivity contribution in [3.05, 3.63) is 23.8 Å². The minimum absolute atomic E-state index is 0.143. The predicted molar refractivity (Wildman–Crippen MR) is 76.7 cm³/mol. The Bertz CT molecular complexity index is 385. The first-order valence-electron chi connectivity index (χ1n) is 6.69.